The maximum absolute atomic E-state index is 5.85. The van der Waals surface area contributed by atoms with Crippen molar-refractivity contribution < 1.29 is 4.74 Å². The molecule has 3 nitrogen and oxygen atoms in total. The second-order valence-corrected chi connectivity index (χ2v) is 3.91. The number of hydrogen-bond donors (Lipinski definition) is 1. The van der Waals surface area contributed by atoms with E-state index in [0.717, 1.165) is 13.0 Å². The van der Waals surface area contributed by atoms with Crippen molar-refractivity contribution in [3.63, 3.8) is 0 Å². The van der Waals surface area contributed by atoms with Gasteiger partial charge in [0, 0.05) is 13.7 Å². The maximum Gasteiger partial charge on any atom is 0.126 e. The molecule has 0 spiro atoms. The van der Waals surface area contributed by atoms with Crippen LogP contribution >= 0.6 is 0 Å². The van der Waals surface area contributed by atoms with Crippen LogP contribution in [0.4, 0.5) is 0 Å². The summed E-state index contributed by atoms with van der Waals surface area (Å²) in [6, 6.07) is 0. The summed E-state index contributed by atoms with van der Waals surface area (Å²) in [5.41, 5.74) is 5.45. The molecule has 0 saturated heterocycles. The van der Waals surface area contributed by atoms with Crippen LogP contribution in [0.15, 0.2) is 4.99 Å². The monoisotopic (exact) mass is 186 g/mol. The Hall–Kier alpha value is -0.570. The van der Waals surface area contributed by atoms with Crippen molar-refractivity contribution in [1.29, 1.82) is 0 Å². The van der Waals surface area contributed by atoms with Crippen LogP contribution in [0.5, 0.6) is 0 Å². The molecule has 0 aromatic rings. The summed E-state index contributed by atoms with van der Waals surface area (Å²) in [7, 11) is 1.67. The van der Waals surface area contributed by atoms with Crippen molar-refractivity contribution in [2.75, 3.05) is 13.7 Å². The largest absolute Gasteiger partial charge is 0.385 e. The first kappa shape index (κ1) is 12.4. The second-order valence-electron chi connectivity index (χ2n) is 3.91. The maximum atomic E-state index is 5.85. The SMILES string of the molecule is CCC(C)(OC)C(N)=NCC(C)C. The molecule has 0 aliphatic rings. The lowest BCUT2D eigenvalue weighted by Crippen LogP contribution is -2.42. The normalized spacial score (nSPS) is 17.5. The van der Waals surface area contributed by atoms with Gasteiger partial charge in [-0.3, -0.25) is 4.99 Å². The lowest BCUT2D eigenvalue weighted by Gasteiger charge is -2.26. The van der Waals surface area contributed by atoms with Gasteiger partial charge in [-0.15, -0.1) is 0 Å². The van der Waals surface area contributed by atoms with E-state index in [1.165, 1.54) is 0 Å². The quantitative estimate of drug-likeness (QED) is 0.526. The van der Waals surface area contributed by atoms with Crippen LogP contribution < -0.4 is 5.73 Å². The standard InChI is InChI=1S/C10H22N2O/c1-6-10(4,13-5)9(11)12-7-8(2)3/h8H,6-7H2,1-5H3,(H2,11,12). The summed E-state index contributed by atoms with van der Waals surface area (Å²) in [5, 5.41) is 0. The molecule has 0 rings (SSSR count). The fourth-order valence-electron chi connectivity index (χ4n) is 0.878. The molecule has 0 fully saturated rings. The lowest BCUT2D eigenvalue weighted by atomic mass is 10.0. The molecule has 0 saturated carbocycles. The number of nitrogens with two attached hydrogens (primary N) is 1. The van der Waals surface area contributed by atoms with Gasteiger partial charge in [0.1, 0.15) is 11.4 Å². The fraction of sp³-hybridized carbons (Fsp3) is 0.900. The number of hydrogen-bond acceptors (Lipinski definition) is 2. The van der Waals surface area contributed by atoms with Crippen molar-refractivity contribution in [3.8, 4) is 0 Å². The Morgan fingerprint density at radius 2 is 2.08 bits per heavy atom. The number of rotatable bonds is 5. The van der Waals surface area contributed by atoms with E-state index in [4.69, 9.17) is 10.5 Å². The molecule has 0 heterocycles. The molecule has 3 heteroatoms. The van der Waals surface area contributed by atoms with Gasteiger partial charge < -0.3 is 10.5 Å². The van der Waals surface area contributed by atoms with Crippen LogP contribution in [0.2, 0.25) is 0 Å². The molecule has 0 aromatic carbocycles. The number of amidine groups is 1. The van der Waals surface area contributed by atoms with E-state index in [1.54, 1.807) is 7.11 Å². The molecule has 0 aliphatic carbocycles. The van der Waals surface area contributed by atoms with Gasteiger partial charge in [-0.05, 0) is 19.3 Å². The Labute approximate surface area is 81.4 Å². The highest BCUT2D eigenvalue weighted by Crippen LogP contribution is 2.14. The summed E-state index contributed by atoms with van der Waals surface area (Å²) in [5.74, 6) is 1.14. The number of methoxy groups -OCH3 is 1. The summed E-state index contributed by atoms with van der Waals surface area (Å²) < 4.78 is 5.33. The minimum Gasteiger partial charge on any atom is -0.385 e. The van der Waals surface area contributed by atoms with Gasteiger partial charge in [0.05, 0.1) is 0 Å². The summed E-state index contributed by atoms with van der Waals surface area (Å²) in [6.45, 7) is 9.01. The van der Waals surface area contributed by atoms with Gasteiger partial charge >= 0.3 is 0 Å². The average molecular weight is 186 g/mol. The Morgan fingerprint density at radius 3 is 2.38 bits per heavy atom. The molecule has 1 atom stereocenters. The average Bonchev–Trinajstić information content (AvgIpc) is 2.12. The highest BCUT2D eigenvalue weighted by atomic mass is 16.5. The highest BCUT2D eigenvalue weighted by molar-refractivity contribution is 5.88. The van der Waals surface area contributed by atoms with Crippen LogP contribution in [-0.2, 0) is 4.74 Å². The van der Waals surface area contributed by atoms with E-state index in [2.05, 4.69) is 18.8 Å². The van der Waals surface area contributed by atoms with Crippen LogP contribution in [0, 0.1) is 5.92 Å². The molecule has 0 aromatic heterocycles. The smallest absolute Gasteiger partial charge is 0.126 e. The molecule has 0 radical (unpaired) electrons. The fourth-order valence-corrected chi connectivity index (χ4v) is 0.878. The van der Waals surface area contributed by atoms with Gasteiger partial charge in [-0.25, -0.2) is 0 Å². The van der Waals surface area contributed by atoms with E-state index in [9.17, 15) is 0 Å². The third kappa shape index (κ3) is 3.77. The molecule has 2 N–H and O–H groups in total. The first-order valence-corrected chi connectivity index (χ1v) is 4.81. The first-order valence-electron chi connectivity index (χ1n) is 4.81. The second kappa shape index (κ2) is 5.22. The Morgan fingerprint density at radius 1 is 1.54 bits per heavy atom. The predicted octanol–water partition coefficient (Wildman–Crippen LogP) is 1.81. The Kier molecular flexibility index (Phi) is 4.99. The Bertz CT molecular complexity index is 172. The lowest BCUT2D eigenvalue weighted by molar-refractivity contribution is 0.0617. The number of ether oxygens (including phenoxy) is 1. The minimum atomic E-state index is -0.394. The molecule has 1 unspecified atom stereocenters. The Balaban J connectivity index is 4.36. The van der Waals surface area contributed by atoms with Crippen molar-refractivity contribution in [1.82, 2.24) is 0 Å². The third-order valence-corrected chi connectivity index (χ3v) is 2.29. The van der Waals surface area contributed by atoms with Crippen LogP contribution in [0.25, 0.3) is 0 Å². The van der Waals surface area contributed by atoms with Gasteiger partial charge in [0.25, 0.3) is 0 Å². The van der Waals surface area contributed by atoms with E-state index in [-0.39, 0.29) is 0 Å². The molecule has 0 aliphatic heterocycles. The zero-order chi connectivity index (χ0) is 10.5. The van der Waals surface area contributed by atoms with Gasteiger partial charge in [0.2, 0.25) is 0 Å². The van der Waals surface area contributed by atoms with E-state index in [1.807, 2.05) is 13.8 Å². The predicted molar refractivity (Wildman–Crippen MR) is 57.0 cm³/mol. The molecular weight excluding hydrogens is 164 g/mol. The molecule has 13 heavy (non-hydrogen) atoms. The topological polar surface area (TPSA) is 47.6 Å². The van der Waals surface area contributed by atoms with Crippen molar-refractivity contribution in [2.45, 2.75) is 39.7 Å². The number of aliphatic imine (C=N–C) groups is 1. The zero-order valence-electron chi connectivity index (χ0n) is 9.42. The van der Waals surface area contributed by atoms with Crippen molar-refractivity contribution in [3.05, 3.63) is 0 Å². The summed E-state index contributed by atoms with van der Waals surface area (Å²) >= 11 is 0. The van der Waals surface area contributed by atoms with Crippen LogP contribution in [-0.4, -0.2) is 25.1 Å². The van der Waals surface area contributed by atoms with Crippen molar-refractivity contribution >= 4 is 5.84 Å². The summed E-state index contributed by atoms with van der Waals surface area (Å²) in [4.78, 5) is 4.31. The van der Waals surface area contributed by atoms with E-state index < -0.39 is 5.60 Å². The van der Waals surface area contributed by atoms with Crippen LogP contribution in [0.3, 0.4) is 0 Å². The molecular formula is C10H22N2O. The van der Waals surface area contributed by atoms with Gasteiger partial charge in [-0.2, -0.15) is 0 Å². The van der Waals surface area contributed by atoms with Crippen LogP contribution in [0.1, 0.15) is 34.1 Å². The minimum absolute atomic E-state index is 0.394. The highest BCUT2D eigenvalue weighted by Gasteiger charge is 2.25. The van der Waals surface area contributed by atoms with Crippen molar-refractivity contribution in [2.24, 2.45) is 16.6 Å². The first-order chi connectivity index (χ1) is 5.96. The zero-order valence-corrected chi connectivity index (χ0v) is 9.42. The molecule has 78 valence electrons. The van der Waals surface area contributed by atoms with Gasteiger partial charge in [-0.1, -0.05) is 20.8 Å². The molecule has 0 amide bonds. The van der Waals surface area contributed by atoms with E-state index >= 15 is 0 Å². The van der Waals surface area contributed by atoms with E-state index in [0.29, 0.717) is 11.8 Å². The third-order valence-electron chi connectivity index (χ3n) is 2.29. The number of nitrogens with zero attached hydrogens (tertiary/aromatic N) is 1. The molecule has 0 bridgehead atoms. The summed E-state index contributed by atoms with van der Waals surface area (Å²) in [6.07, 6.45) is 0.844. The van der Waals surface area contributed by atoms with Gasteiger partial charge in [0.15, 0.2) is 0 Å².